The van der Waals surface area contributed by atoms with Crippen molar-refractivity contribution in [2.24, 2.45) is 5.92 Å². The fourth-order valence-electron chi connectivity index (χ4n) is 3.81. The normalized spacial score (nSPS) is 16.0. The first-order valence-electron chi connectivity index (χ1n) is 9.93. The van der Waals surface area contributed by atoms with Crippen molar-refractivity contribution in [3.8, 4) is 0 Å². The molecular formula is C22H28FN3O2. The van der Waals surface area contributed by atoms with Gasteiger partial charge in [-0.2, -0.15) is 0 Å². The number of hydrogen-bond donors (Lipinski definition) is 1. The van der Waals surface area contributed by atoms with Gasteiger partial charge >= 0.3 is 0 Å². The molecule has 1 N–H and O–H groups in total. The maximum Gasteiger partial charge on any atom is 0.232 e. The lowest BCUT2D eigenvalue weighted by Gasteiger charge is -2.36. The molecule has 0 radical (unpaired) electrons. The van der Waals surface area contributed by atoms with E-state index in [4.69, 9.17) is 0 Å². The molecule has 28 heavy (non-hydrogen) atoms. The number of rotatable bonds is 7. The van der Waals surface area contributed by atoms with Crippen LogP contribution < -0.4 is 4.90 Å². The van der Waals surface area contributed by atoms with Crippen LogP contribution >= 0.6 is 0 Å². The molecule has 1 fully saturated rings. The lowest BCUT2D eigenvalue weighted by Crippen LogP contribution is -2.43. The van der Waals surface area contributed by atoms with Crippen molar-refractivity contribution in [3.63, 3.8) is 0 Å². The van der Waals surface area contributed by atoms with E-state index in [2.05, 4.69) is 9.88 Å². The maximum atomic E-state index is 13.2. The van der Waals surface area contributed by atoms with E-state index in [1.165, 1.54) is 12.1 Å². The number of amides is 1. The number of benzene rings is 1. The second-order valence-electron chi connectivity index (χ2n) is 7.28. The molecule has 1 amide bonds. The highest BCUT2D eigenvalue weighted by atomic mass is 19.1. The van der Waals surface area contributed by atoms with Crippen LogP contribution in [0.5, 0.6) is 0 Å². The van der Waals surface area contributed by atoms with Crippen LogP contribution in [0.1, 0.15) is 31.2 Å². The Morgan fingerprint density at radius 1 is 1.25 bits per heavy atom. The molecular weight excluding hydrogens is 357 g/mol. The Hall–Kier alpha value is -2.47. The van der Waals surface area contributed by atoms with Crippen molar-refractivity contribution in [3.05, 3.63) is 60.0 Å². The van der Waals surface area contributed by atoms with Gasteiger partial charge < -0.3 is 14.9 Å². The number of carbonyl (C=O) groups is 1. The molecule has 2 heterocycles. The number of hydrogen-bond acceptors (Lipinski definition) is 4. The van der Waals surface area contributed by atoms with E-state index in [1.54, 1.807) is 12.1 Å². The number of anilines is 1. The molecule has 1 aliphatic rings. The van der Waals surface area contributed by atoms with Gasteiger partial charge in [-0.15, -0.1) is 0 Å². The largest absolute Gasteiger partial charge is 0.395 e. The molecule has 1 atom stereocenters. The van der Waals surface area contributed by atoms with Gasteiger partial charge in [0.15, 0.2) is 0 Å². The zero-order valence-corrected chi connectivity index (χ0v) is 16.3. The van der Waals surface area contributed by atoms with Crippen LogP contribution in [0.3, 0.4) is 0 Å². The molecule has 1 saturated heterocycles. The second kappa shape index (κ2) is 9.64. The predicted molar refractivity (Wildman–Crippen MR) is 108 cm³/mol. The standard InChI is InChI=1S/C22H28FN3O2/c1-2-25(22(28)20(16-27)18-6-8-19(23)9-7-18)15-17-10-13-26(14-11-17)21-5-3-4-12-24-21/h3-9,12,17,20,27H,2,10-11,13-16H2,1H3. The first kappa shape index (κ1) is 20.3. The molecule has 0 bridgehead atoms. The number of pyridine rings is 1. The van der Waals surface area contributed by atoms with E-state index in [9.17, 15) is 14.3 Å². The second-order valence-corrected chi connectivity index (χ2v) is 7.28. The first-order chi connectivity index (χ1) is 13.6. The van der Waals surface area contributed by atoms with Crippen LogP contribution in [-0.2, 0) is 4.79 Å². The minimum Gasteiger partial charge on any atom is -0.395 e. The summed E-state index contributed by atoms with van der Waals surface area (Å²) in [6, 6.07) is 11.7. The van der Waals surface area contributed by atoms with Gasteiger partial charge in [0.05, 0.1) is 12.5 Å². The third-order valence-electron chi connectivity index (χ3n) is 5.51. The molecule has 1 aromatic carbocycles. The number of halogens is 1. The topological polar surface area (TPSA) is 56.7 Å². The number of aliphatic hydroxyl groups is 1. The van der Waals surface area contributed by atoms with E-state index in [-0.39, 0.29) is 18.3 Å². The lowest BCUT2D eigenvalue weighted by molar-refractivity contribution is -0.134. The minimum atomic E-state index is -0.644. The number of carbonyl (C=O) groups excluding carboxylic acids is 1. The van der Waals surface area contributed by atoms with Crippen LogP contribution in [-0.4, -0.2) is 53.7 Å². The summed E-state index contributed by atoms with van der Waals surface area (Å²) in [7, 11) is 0. The van der Waals surface area contributed by atoms with E-state index in [1.807, 2.05) is 36.2 Å². The van der Waals surface area contributed by atoms with E-state index >= 15 is 0 Å². The fourth-order valence-corrected chi connectivity index (χ4v) is 3.81. The van der Waals surface area contributed by atoms with Crippen LogP contribution in [0.15, 0.2) is 48.7 Å². The third kappa shape index (κ3) is 4.87. The Morgan fingerprint density at radius 3 is 2.54 bits per heavy atom. The van der Waals surface area contributed by atoms with Gasteiger partial charge in [0.25, 0.3) is 0 Å². The number of nitrogens with zero attached hydrogens (tertiary/aromatic N) is 3. The minimum absolute atomic E-state index is 0.0937. The van der Waals surface area contributed by atoms with Gasteiger partial charge in [-0.25, -0.2) is 9.37 Å². The van der Waals surface area contributed by atoms with Crippen LogP contribution in [0.4, 0.5) is 10.2 Å². The molecule has 2 aromatic rings. The van der Waals surface area contributed by atoms with E-state index in [0.717, 1.165) is 31.7 Å². The molecule has 1 aromatic heterocycles. The summed E-state index contributed by atoms with van der Waals surface area (Å²) in [5.74, 6) is 0.343. The Balaban J connectivity index is 1.59. The highest BCUT2D eigenvalue weighted by Crippen LogP contribution is 2.24. The third-order valence-corrected chi connectivity index (χ3v) is 5.51. The monoisotopic (exact) mass is 385 g/mol. The Kier molecular flexibility index (Phi) is 6.98. The van der Waals surface area contributed by atoms with Crippen molar-refractivity contribution in [2.45, 2.75) is 25.7 Å². The Labute approximate surface area is 165 Å². The maximum absolute atomic E-state index is 13.2. The molecule has 1 aliphatic heterocycles. The van der Waals surface area contributed by atoms with Crippen molar-refractivity contribution in [1.82, 2.24) is 9.88 Å². The molecule has 0 saturated carbocycles. The smallest absolute Gasteiger partial charge is 0.232 e. The van der Waals surface area contributed by atoms with Gasteiger partial charge in [-0.3, -0.25) is 4.79 Å². The number of aromatic nitrogens is 1. The molecule has 6 heteroatoms. The summed E-state index contributed by atoms with van der Waals surface area (Å²) in [6.07, 6.45) is 3.81. The van der Waals surface area contributed by atoms with Crippen molar-refractivity contribution in [1.29, 1.82) is 0 Å². The molecule has 5 nitrogen and oxygen atoms in total. The van der Waals surface area contributed by atoms with Crippen molar-refractivity contribution in [2.75, 3.05) is 37.7 Å². The lowest BCUT2D eigenvalue weighted by atomic mass is 9.94. The van der Waals surface area contributed by atoms with Gasteiger partial charge in [0, 0.05) is 32.4 Å². The zero-order valence-electron chi connectivity index (χ0n) is 16.3. The quantitative estimate of drug-likeness (QED) is 0.796. The van der Waals surface area contributed by atoms with Crippen LogP contribution in [0, 0.1) is 11.7 Å². The predicted octanol–water partition coefficient (Wildman–Crippen LogP) is 3.06. The fraction of sp³-hybridized carbons (Fsp3) is 0.455. The molecule has 1 unspecified atom stereocenters. The summed E-state index contributed by atoms with van der Waals surface area (Å²) >= 11 is 0. The average Bonchev–Trinajstić information content (AvgIpc) is 2.75. The molecule has 3 rings (SSSR count). The molecule has 0 aliphatic carbocycles. The van der Waals surface area contributed by atoms with Gasteiger partial charge in [-0.1, -0.05) is 18.2 Å². The highest BCUT2D eigenvalue weighted by Gasteiger charge is 2.28. The number of likely N-dealkylation sites (N-methyl/N-ethyl adjacent to an activating group) is 1. The van der Waals surface area contributed by atoms with Crippen LogP contribution in [0.25, 0.3) is 0 Å². The van der Waals surface area contributed by atoms with Gasteiger partial charge in [-0.05, 0) is 55.5 Å². The average molecular weight is 385 g/mol. The summed E-state index contributed by atoms with van der Waals surface area (Å²) in [4.78, 5) is 21.5. The zero-order chi connectivity index (χ0) is 19.9. The molecule has 0 spiro atoms. The summed E-state index contributed by atoms with van der Waals surface area (Å²) in [5, 5.41) is 9.78. The first-order valence-corrected chi connectivity index (χ1v) is 9.93. The number of aliphatic hydroxyl groups excluding tert-OH is 1. The van der Waals surface area contributed by atoms with Gasteiger partial charge in [0.1, 0.15) is 11.6 Å². The highest BCUT2D eigenvalue weighted by molar-refractivity contribution is 5.84. The summed E-state index contributed by atoms with van der Waals surface area (Å²) < 4.78 is 13.2. The SMILES string of the molecule is CCN(CC1CCN(c2ccccn2)CC1)C(=O)C(CO)c1ccc(F)cc1. The summed E-state index contributed by atoms with van der Waals surface area (Å²) in [5.41, 5.74) is 0.650. The van der Waals surface area contributed by atoms with E-state index < -0.39 is 5.92 Å². The Morgan fingerprint density at radius 2 is 1.96 bits per heavy atom. The van der Waals surface area contributed by atoms with Crippen molar-refractivity contribution >= 4 is 11.7 Å². The molecule has 150 valence electrons. The van der Waals surface area contributed by atoms with Gasteiger partial charge in [0.2, 0.25) is 5.91 Å². The van der Waals surface area contributed by atoms with E-state index in [0.29, 0.717) is 24.6 Å². The van der Waals surface area contributed by atoms with Crippen molar-refractivity contribution < 1.29 is 14.3 Å². The summed E-state index contributed by atoms with van der Waals surface area (Å²) in [6.45, 7) is 4.81. The van der Waals surface area contributed by atoms with Crippen LogP contribution in [0.2, 0.25) is 0 Å². The Bertz CT molecular complexity index is 746. The number of piperidine rings is 1.